The first-order valence-corrected chi connectivity index (χ1v) is 30.6. The van der Waals surface area contributed by atoms with Gasteiger partial charge in [0.2, 0.25) is 0 Å². The number of benzene rings is 14. The van der Waals surface area contributed by atoms with E-state index in [1.54, 1.807) is 0 Å². The van der Waals surface area contributed by atoms with E-state index in [2.05, 4.69) is 281 Å². The maximum atomic E-state index is 5.40. The van der Waals surface area contributed by atoms with Crippen LogP contribution in [0.15, 0.2) is 316 Å². The molecule has 0 unspecified atom stereocenters. The van der Waals surface area contributed by atoms with E-state index < -0.39 is 0 Å². The smallest absolute Gasteiger partial charge is 0.146 e. The lowest BCUT2D eigenvalue weighted by Gasteiger charge is -2.18. The summed E-state index contributed by atoms with van der Waals surface area (Å²) in [6.07, 6.45) is 5.60. The van der Waals surface area contributed by atoms with Crippen LogP contribution in [0, 0.1) is 0 Å². The van der Waals surface area contributed by atoms with Crippen LogP contribution in [-0.4, -0.2) is 29.1 Å². The van der Waals surface area contributed by atoms with E-state index in [-0.39, 0.29) is 0 Å². The molecule has 0 radical (unpaired) electrons. The fourth-order valence-corrected chi connectivity index (χ4v) is 14.1. The Balaban J connectivity index is 0.699. The van der Waals surface area contributed by atoms with Gasteiger partial charge in [-0.25, -0.2) is 15.0 Å². The number of nitrogens with zero attached hydrogens (tertiary/aromatic N) is 6. The zero-order valence-corrected chi connectivity index (χ0v) is 48.7. The van der Waals surface area contributed by atoms with Gasteiger partial charge in [0, 0.05) is 23.5 Å². The summed E-state index contributed by atoms with van der Waals surface area (Å²) >= 11 is 0. The number of imidazole rings is 2. The molecule has 6 nitrogen and oxygen atoms in total. The van der Waals surface area contributed by atoms with Crippen molar-refractivity contribution in [3.05, 3.63) is 316 Å². The predicted octanol–water partition coefficient (Wildman–Crippen LogP) is 21.7. The molecule has 0 amide bonds. The zero-order chi connectivity index (χ0) is 59.2. The van der Waals surface area contributed by atoms with Crippen LogP contribution in [0.5, 0.6) is 0 Å². The lowest BCUT2D eigenvalue weighted by Crippen LogP contribution is -1.99. The van der Waals surface area contributed by atoms with Crippen molar-refractivity contribution in [3.63, 3.8) is 0 Å². The van der Waals surface area contributed by atoms with E-state index >= 15 is 0 Å². The summed E-state index contributed by atoms with van der Waals surface area (Å²) in [4.78, 5) is 20.1. The van der Waals surface area contributed by atoms with E-state index in [0.717, 1.165) is 78.6 Å². The van der Waals surface area contributed by atoms with Gasteiger partial charge in [0.1, 0.15) is 17.5 Å². The van der Waals surface area contributed by atoms with Gasteiger partial charge in [0.05, 0.1) is 34.0 Å². The average molecular weight is 1150 g/mol. The van der Waals surface area contributed by atoms with Gasteiger partial charge in [-0.2, -0.15) is 0 Å². The summed E-state index contributed by atoms with van der Waals surface area (Å²) in [6, 6.07) is 108. The quantitative estimate of drug-likeness (QED) is 0.135. The van der Waals surface area contributed by atoms with Crippen molar-refractivity contribution < 1.29 is 0 Å². The number of pyridine rings is 2. The fourth-order valence-electron chi connectivity index (χ4n) is 14.1. The first-order valence-electron chi connectivity index (χ1n) is 30.6. The molecule has 0 fully saturated rings. The van der Waals surface area contributed by atoms with Gasteiger partial charge in [-0.15, -0.1) is 0 Å². The Hall–Kier alpha value is -12.1. The molecule has 90 heavy (non-hydrogen) atoms. The van der Waals surface area contributed by atoms with Crippen molar-refractivity contribution >= 4 is 86.7 Å². The normalized spacial score (nSPS) is 11.8. The summed E-state index contributed by atoms with van der Waals surface area (Å²) in [5, 5.41) is 14.5. The molecule has 0 aliphatic heterocycles. The highest BCUT2D eigenvalue weighted by Gasteiger charge is 2.23. The van der Waals surface area contributed by atoms with Crippen molar-refractivity contribution in [2.45, 2.75) is 0 Å². The minimum atomic E-state index is 0.832. The Morgan fingerprint density at radius 1 is 0.244 bits per heavy atom. The first-order chi connectivity index (χ1) is 44.6. The third-order valence-electron chi connectivity index (χ3n) is 18.2. The Kier molecular flexibility index (Phi) is 11.8. The second-order valence-corrected chi connectivity index (χ2v) is 23.3. The molecular weight excluding hydrogens is 1090 g/mol. The molecule has 418 valence electrons. The minimum Gasteiger partial charge on any atom is -0.291 e. The number of hydrogen-bond donors (Lipinski definition) is 0. The number of aromatic nitrogens is 6. The molecule has 0 bridgehead atoms. The Morgan fingerprint density at radius 2 is 0.678 bits per heavy atom. The molecule has 0 saturated heterocycles. The predicted molar refractivity (Wildman–Crippen MR) is 374 cm³/mol. The number of fused-ring (bicyclic) bond motifs is 8. The van der Waals surface area contributed by atoms with Gasteiger partial charge in [0.15, 0.2) is 0 Å². The molecule has 0 aliphatic carbocycles. The number of rotatable bonds is 9. The largest absolute Gasteiger partial charge is 0.291 e. The van der Waals surface area contributed by atoms with Crippen LogP contribution >= 0.6 is 0 Å². The second-order valence-electron chi connectivity index (χ2n) is 23.3. The third-order valence-corrected chi connectivity index (χ3v) is 18.2. The van der Waals surface area contributed by atoms with Crippen LogP contribution in [0.3, 0.4) is 0 Å². The SMILES string of the molecule is c1ccc(-c2nc3cc(-c4c5ccccc5c(-c5ccc6cc(-c7ccc(-c8nc9ccc(-c%10c%11ccccc%11c(-c%11ccc%12ccccc%12c%11)c%11ccccc%10%11)cc9n8-c8cccnc8)cc7)ccc6c5)c5ccccc45)ccc3n2-c2ccccn2)cc1. The van der Waals surface area contributed by atoms with Crippen LogP contribution < -0.4 is 0 Å². The molecule has 0 N–H and O–H groups in total. The summed E-state index contributed by atoms with van der Waals surface area (Å²) in [6.45, 7) is 0. The fraction of sp³-hybridized carbons (Fsp3) is 0. The highest BCUT2D eigenvalue weighted by Crippen LogP contribution is 2.48. The van der Waals surface area contributed by atoms with Crippen molar-refractivity contribution in [2.24, 2.45) is 0 Å². The van der Waals surface area contributed by atoms with Gasteiger partial charge in [-0.1, -0.05) is 231 Å². The first kappa shape index (κ1) is 51.1. The van der Waals surface area contributed by atoms with E-state index in [4.69, 9.17) is 15.0 Å². The van der Waals surface area contributed by atoms with Gasteiger partial charge in [-0.05, 0) is 187 Å². The molecule has 18 rings (SSSR count). The van der Waals surface area contributed by atoms with E-state index in [9.17, 15) is 0 Å². The maximum absolute atomic E-state index is 5.40. The standard InChI is InChI=1S/C84H52N6/c1-2-18-55(19-3-1)84-88-75-50-63(42-44-76(75)90(84)78-30-14-15-46-86-78)81-70-26-10-6-22-66(70)80(67-23-7-11-27-71(67)81)62-40-38-59-47-58(36-37-60(59)49-62)54-31-34-56(35-32-54)83-87-74-43-41-64(51-77(74)89(83)65-21-16-45-85-52-65)82-72-28-12-8-24-68(72)79(69-25-9-13-29-73(69)82)61-39-33-53-17-4-5-20-57(53)48-61/h1-52H. The summed E-state index contributed by atoms with van der Waals surface area (Å²) in [7, 11) is 0. The Morgan fingerprint density at radius 3 is 1.26 bits per heavy atom. The van der Waals surface area contributed by atoms with Crippen molar-refractivity contribution in [1.29, 1.82) is 0 Å². The Labute approximate surface area is 518 Å². The molecule has 18 aromatic rings. The van der Waals surface area contributed by atoms with Crippen molar-refractivity contribution in [1.82, 2.24) is 29.1 Å². The van der Waals surface area contributed by atoms with Crippen molar-refractivity contribution in [3.8, 4) is 89.9 Å². The van der Waals surface area contributed by atoms with E-state index in [0.29, 0.717) is 0 Å². The molecule has 4 heterocycles. The van der Waals surface area contributed by atoms with Gasteiger partial charge in [0.25, 0.3) is 0 Å². The maximum Gasteiger partial charge on any atom is 0.146 e. The number of hydrogen-bond acceptors (Lipinski definition) is 4. The molecular formula is C84H52N6. The summed E-state index contributed by atoms with van der Waals surface area (Å²) < 4.78 is 4.43. The molecule has 4 aromatic heterocycles. The minimum absolute atomic E-state index is 0.832. The molecule has 6 heteroatoms. The molecule has 0 spiro atoms. The highest BCUT2D eigenvalue weighted by molar-refractivity contribution is 6.24. The highest BCUT2D eigenvalue weighted by atomic mass is 15.1. The third kappa shape index (κ3) is 8.34. The lowest BCUT2D eigenvalue weighted by molar-refractivity contribution is 1.03. The van der Waals surface area contributed by atoms with Gasteiger partial charge < -0.3 is 0 Å². The van der Waals surface area contributed by atoms with Crippen LogP contribution in [0.2, 0.25) is 0 Å². The second kappa shape index (κ2) is 20.8. The summed E-state index contributed by atoms with van der Waals surface area (Å²) in [5.74, 6) is 2.55. The molecule has 0 atom stereocenters. The molecule has 14 aromatic carbocycles. The average Bonchev–Trinajstić information content (AvgIpc) is 1.01. The van der Waals surface area contributed by atoms with Gasteiger partial charge >= 0.3 is 0 Å². The van der Waals surface area contributed by atoms with Crippen LogP contribution in [-0.2, 0) is 0 Å². The van der Waals surface area contributed by atoms with Gasteiger partial charge in [-0.3, -0.25) is 14.1 Å². The monoisotopic (exact) mass is 1140 g/mol. The van der Waals surface area contributed by atoms with E-state index in [1.807, 2.05) is 48.9 Å². The Bertz CT molecular complexity index is 5780. The summed E-state index contributed by atoms with van der Waals surface area (Å²) in [5.41, 5.74) is 18.6. The topological polar surface area (TPSA) is 61.4 Å². The molecule has 0 saturated carbocycles. The van der Waals surface area contributed by atoms with E-state index in [1.165, 1.54) is 98.0 Å². The lowest BCUT2D eigenvalue weighted by atomic mass is 9.85. The molecule has 0 aliphatic rings. The van der Waals surface area contributed by atoms with Crippen LogP contribution in [0.25, 0.3) is 177 Å². The van der Waals surface area contributed by atoms with Crippen LogP contribution in [0.4, 0.5) is 0 Å². The van der Waals surface area contributed by atoms with Crippen molar-refractivity contribution in [2.75, 3.05) is 0 Å². The zero-order valence-electron chi connectivity index (χ0n) is 48.7. The van der Waals surface area contributed by atoms with Crippen LogP contribution in [0.1, 0.15) is 0 Å².